The molecule has 1 aromatic heterocycles. The normalized spacial score (nSPS) is 13.2. The molecule has 12 heteroatoms. The highest BCUT2D eigenvalue weighted by Gasteiger charge is 2.17. The standard InChI is InChI=1S/C28H37FN8O3/c29-23-9-7-21(8-10-23)20-32-26-34-27(36-28(35-26)37-13-2-1-3-14-37)33-24-6-4-5-22(19-24)25(38)31-12-16-40-18-17-39-15-11-30/h4-10,19H,1-3,11-18,20,30H2,(H,31,38)(H2,32,33,34,35,36). The van der Waals surface area contributed by atoms with Crippen LogP contribution in [0, 0.1) is 5.82 Å². The van der Waals surface area contributed by atoms with Gasteiger partial charge in [-0.3, -0.25) is 4.79 Å². The fourth-order valence-electron chi connectivity index (χ4n) is 4.13. The second-order valence-corrected chi connectivity index (χ2v) is 9.29. The Morgan fingerprint density at radius 2 is 1.68 bits per heavy atom. The fourth-order valence-corrected chi connectivity index (χ4v) is 4.13. The van der Waals surface area contributed by atoms with Gasteiger partial charge in [0.05, 0.1) is 26.4 Å². The van der Waals surface area contributed by atoms with E-state index in [1.165, 1.54) is 18.6 Å². The van der Waals surface area contributed by atoms with E-state index < -0.39 is 0 Å². The number of amides is 1. The Bertz CT molecular complexity index is 1210. The van der Waals surface area contributed by atoms with Crippen LogP contribution in [-0.4, -0.2) is 73.5 Å². The minimum Gasteiger partial charge on any atom is -0.378 e. The molecule has 40 heavy (non-hydrogen) atoms. The lowest BCUT2D eigenvalue weighted by Crippen LogP contribution is -2.31. The zero-order valence-corrected chi connectivity index (χ0v) is 22.6. The van der Waals surface area contributed by atoms with E-state index in [9.17, 15) is 9.18 Å². The summed E-state index contributed by atoms with van der Waals surface area (Å²) in [7, 11) is 0. The molecule has 0 aliphatic carbocycles. The maximum atomic E-state index is 13.3. The van der Waals surface area contributed by atoms with Crippen LogP contribution in [0.15, 0.2) is 48.5 Å². The molecule has 1 saturated heterocycles. The smallest absolute Gasteiger partial charge is 0.251 e. The third-order valence-corrected chi connectivity index (χ3v) is 6.17. The number of hydrogen-bond donors (Lipinski definition) is 4. The van der Waals surface area contributed by atoms with Crippen LogP contribution in [0.3, 0.4) is 0 Å². The van der Waals surface area contributed by atoms with Crippen LogP contribution in [0.2, 0.25) is 0 Å². The molecule has 11 nitrogen and oxygen atoms in total. The largest absolute Gasteiger partial charge is 0.378 e. The van der Waals surface area contributed by atoms with Gasteiger partial charge in [-0.05, 0) is 55.2 Å². The summed E-state index contributed by atoms with van der Waals surface area (Å²) in [5.74, 6) is 0.861. The third-order valence-electron chi connectivity index (χ3n) is 6.17. The van der Waals surface area contributed by atoms with Crippen LogP contribution in [0.5, 0.6) is 0 Å². The second-order valence-electron chi connectivity index (χ2n) is 9.29. The first-order valence-electron chi connectivity index (χ1n) is 13.6. The highest BCUT2D eigenvalue weighted by Crippen LogP contribution is 2.22. The maximum Gasteiger partial charge on any atom is 0.251 e. The fraction of sp³-hybridized carbons (Fsp3) is 0.429. The number of hydrogen-bond acceptors (Lipinski definition) is 10. The Kier molecular flexibility index (Phi) is 11.4. The first-order valence-corrected chi connectivity index (χ1v) is 13.6. The van der Waals surface area contributed by atoms with Gasteiger partial charge >= 0.3 is 0 Å². The van der Waals surface area contributed by atoms with Crippen molar-refractivity contribution in [3.8, 4) is 0 Å². The third kappa shape index (κ3) is 9.40. The van der Waals surface area contributed by atoms with Crippen LogP contribution in [0.25, 0.3) is 0 Å². The lowest BCUT2D eigenvalue weighted by Gasteiger charge is -2.27. The van der Waals surface area contributed by atoms with E-state index in [0.717, 1.165) is 31.5 Å². The number of halogens is 1. The van der Waals surface area contributed by atoms with Gasteiger partial charge in [0.2, 0.25) is 17.8 Å². The van der Waals surface area contributed by atoms with Crippen molar-refractivity contribution in [3.63, 3.8) is 0 Å². The van der Waals surface area contributed by atoms with Crippen molar-refractivity contribution < 1.29 is 18.7 Å². The van der Waals surface area contributed by atoms with Gasteiger partial charge in [0, 0.05) is 44.0 Å². The van der Waals surface area contributed by atoms with Crippen LogP contribution in [-0.2, 0) is 16.0 Å². The number of carbonyl (C=O) groups is 1. The molecule has 1 aliphatic heterocycles. The van der Waals surface area contributed by atoms with Crippen molar-refractivity contribution in [1.82, 2.24) is 20.3 Å². The average Bonchev–Trinajstić information content (AvgIpc) is 2.98. The SMILES string of the molecule is NCCOCCOCCNC(=O)c1cccc(Nc2nc(NCc3ccc(F)cc3)nc(N3CCCCC3)n2)c1. The number of carbonyl (C=O) groups excluding carboxylic acids is 1. The van der Waals surface area contributed by atoms with Crippen molar-refractivity contribution in [3.05, 3.63) is 65.5 Å². The van der Waals surface area contributed by atoms with Crippen molar-refractivity contribution >= 4 is 29.4 Å². The Morgan fingerprint density at radius 1 is 0.925 bits per heavy atom. The number of anilines is 4. The number of aromatic nitrogens is 3. The zero-order valence-electron chi connectivity index (χ0n) is 22.6. The minimum atomic E-state index is -0.281. The van der Waals surface area contributed by atoms with Crippen LogP contribution < -0.4 is 26.6 Å². The molecule has 5 N–H and O–H groups in total. The molecular weight excluding hydrogens is 515 g/mol. The van der Waals surface area contributed by atoms with E-state index in [-0.39, 0.29) is 11.7 Å². The molecule has 0 spiro atoms. The van der Waals surface area contributed by atoms with Gasteiger partial charge in [0.1, 0.15) is 5.82 Å². The molecule has 1 fully saturated rings. The quantitative estimate of drug-likeness (QED) is 0.208. The molecule has 0 saturated carbocycles. The number of benzene rings is 2. The van der Waals surface area contributed by atoms with E-state index in [1.807, 2.05) is 6.07 Å². The average molecular weight is 553 g/mol. The van der Waals surface area contributed by atoms with Crippen molar-refractivity contribution in [2.75, 3.05) is 68.1 Å². The van der Waals surface area contributed by atoms with Gasteiger partial charge in [-0.2, -0.15) is 15.0 Å². The molecule has 4 rings (SSSR count). The summed E-state index contributed by atoms with van der Waals surface area (Å²) in [6.07, 6.45) is 3.35. The summed E-state index contributed by atoms with van der Waals surface area (Å²) >= 11 is 0. The first-order chi connectivity index (χ1) is 19.6. The van der Waals surface area contributed by atoms with Crippen molar-refractivity contribution in [1.29, 1.82) is 0 Å². The van der Waals surface area contributed by atoms with Crippen LogP contribution in [0.4, 0.5) is 27.9 Å². The van der Waals surface area contributed by atoms with E-state index >= 15 is 0 Å². The highest BCUT2D eigenvalue weighted by atomic mass is 19.1. The molecule has 0 bridgehead atoms. The number of nitrogens with zero attached hydrogens (tertiary/aromatic N) is 4. The minimum absolute atomic E-state index is 0.210. The number of piperidine rings is 1. The predicted octanol–water partition coefficient (Wildman–Crippen LogP) is 3.08. The number of nitrogens with one attached hydrogen (secondary N) is 3. The zero-order chi connectivity index (χ0) is 28.0. The van der Waals surface area contributed by atoms with E-state index in [2.05, 4.69) is 35.8 Å². The van der Waals surface area contributed by atoms with E-state index in [1.54, 1.807) is 30.3 Å². The topological polar surface area (TPSA) is 140 Å². The van der Waals surface area contributed by atoms with Crippen molar-refractivity contribution in [2.24, 2.45) is 5.73 Å². The maximum absolute atomic E-state index is 13.3. The summed E-state index contributed by atoms with van der Waals surface area (Å²) in [5, 5.41) is 9.30. The Labute approximate surface area is 233 Å². The molecule has 0 atom stereocenters. The molecule has 1 amide bonds. The second kappa shape index (κ2) is 15.7. The summed E-state index contributed by atoms with van der Waals surface area (Å²) in [4.78, 5) is 28.7. The molecule has 214 valence electrons. The van der Waals surface area contributed by atoms with Gasteiger partial charge in [-0.1, -0.05) is 18.2 Å². The van der Waals surface area contributed by atoms with Gasteiger partial charge in [0.15, 0.2) is 0 Å². The van der Waals surface area contributed by atoms with Crippen molar-refractivity contribution in [2.45, 2.75) is 25.8 Å². The van der Waals surface area contributed by atoms with E-state index in [4.69, 9.17) is 15.2 Å². The molecule has 1 aliphatic rings. The predicted molar refractivity (Wildman–Crippen MR) is 152 cm³/mol. The highest BCUT2D eigenvalue weighted by molar-refractivity contribution is 5.95. The molecule has 2 heterocycles. The molecule has 2 aromatic carbocycles. The monoisotopic (exact) mass is 552 g/mol. The summed E-state index contributed by atoms with van der Waals surface area (Å²) < 4.78 is 24.0. The van der Waals surface area contributed by atoms with Gasteiger partial charge in [-0.25, -0.2) is 4.39 Å². The number of rotatable bonds is 15. The first kappa shape index (κ1) is 29.1. The van der Waals surface area contributed by atoms with Gasteiger partial charge in [0.25, 0.3) is 5.91 Å². The van der Waals surface area contributed by atoms with Gasteiger partial charge < -0.3 is 36.1 Å². The molecular formula is C28H37FN8O3. The van der Waals surface area contributed by atoms with Crippen LogP contribution >= 0.6 is 0 Å². The Hall–Kier alpha value is -3.87. The molecule has 0 unspecified atom stereocenters. The lowest BCUT2D eigenvalue weighted by atomic mass is 10.1. The number of ether oxygens (including phenoxy) is 2. The summed E-state index contributed by atoms with van der Waals surface area (Å²) in [5.41, 5.74) is 7.44. The molecule has 3 aromatic rings. The Balaban J connectivity index is 1.38. The Morgan fingerprint density at radius 3 is 2.45 bits per heavy atom. The summed E-state index contributed by atoms with van der Waals surface area (Å²) in [6.45, 7) is 4.84. The summed E-state index contributed by atoms with van der Waals surface area (Å²) in [6, 6.07) is 13.4. The van der Waals surface area contributed by atoms with E-state index in [0.29, 0.717) is 75.2 Å². The molecule has 0 radical (unpaired) electrons. The number of nitrogens with two attached hydrogens (primary N) is 1. The lowest BCUT2D eigenvalue weighted by molar-refractivity contribution is 0.0511. The van der Waals surface area contributed by atoms with Crippen LogP contribution in [0.1, 0.15) is 35.2 Å². The van der Waals surface area contributed by atoms with Gasteiger partial charge in [-0.15, -0.1) is 0 Å².